The van der Waals surface area contributed by atoms with E-state index in [1.807, 2.05) is 41.2 Å². The lowest BCUT2D eigenvalue weighted by molar-refractivity contribution is 0.262. The van der Waals surface area contributed by atoms with E-state index in [9.17, 15) is 0 Å². The van der Waals surface area contributed by atoms with Crippen molar-refractivity contribution in [1.29, 1.82) is 0 Å². The number of hydrogen-bond donors (Lipinski definition) is 1. The lowest BCUT2D eigenvalue weighted by Crippen LogP contribution is -2.44. The topological polar surface area (TPSA) is 33.1 Å². The molecule has 4 nitrogen and oxygen atoms in total. The van der Waals surface area contributed by atoms with Crippen molar-refractivity contribution in [3.63, 3.8) is 0 Å². The molecule has 1 N–H and O–H groups in total. The summed E-state index contributed by atoms with van der Waals surface area (Å²) in [6.07, 6.45) is 5.65. The molecule has 0 unspecified atom stereocenters. The molecule has 6 heteroatoms. The SMILES string of the molecule is C[C@H]1CCCCN1C(=S)Nc1ccn(Cc2ccc(Cl)cc2)n1. The predicted molar refractivity (Wildman–Crippen MR) is 99.0 cm³/mol. The maximum atomic E-state index is 5.91. The first-order valence-electron chi connectivity index (χ1n) is 7.97. The molecule has 0 amide bonds. The van der Waals surface area contributed by atoms with Crippen molar-refractivity contribution in [2.24, 2.45) is 0 Å². The van der Waals surface area contributed by atoms with Crippen molar-refractivity contribution in [2.45, 2.75) is 38.8 Å². The zero-order valence-electron chi connectivity index (χ0n) is 13.2. The minimum absolute atomic E-state index is 0.500. The van der Waals surface area contributed by atoms with Crippen LogP contribution >= 0.6 is 23.8 Å². The first-order chi connectivity index (χ1) is 11.1. The summed E-state index contributed by atoms with van der Waals surface area (Å²) in [6.45, 7) is 3.97. The second-order valence-corrected chi connectivity index (χ2v) is 6.82. The van der Waals surface area contributed by atoms with Crippen LogP contribution in [0.1, 0.15) is 31.7 Å². The van der Waals surface area contributed by atoms with E-state index >= 15 is 0 Å². The minimum Gasteiger partial charge on any atom is -0.346 e. The maximum Gasteiger partial charge on any atom is 0.174 e. The van der Waals surface area contributed by atoms with Gasteiger partial charge in [-0.05, 0) is 56.1 Å². The fourth-order valence-electron chi connectivity index (χ4n) is 2.87. The summed E-state index contributed by atoms with van der Waals surface area (Å²) >= 11 is 11.4. The molecule has 0 bridgehead atoms. The highest BCUT2D eigenvalue weighted by atomic mass is 35.5. The summed E-state index contributed by atoms with van der Waals surface area (Å²) in [5.74, 6) is 0.793. The molecule has 2 aromatic rings. The molecule has 0 saturated carbocycles. The van der Waals surface area contributed by atoms with Crippen LogP contribution in [0.15, 0.2) is 36.5 Å². The van der Waals surface area contributed by atoms with Crippen LogP contribution in [-0.2, 0) is 6.54 Å². The van der Waals surface area contributed by atoms with Gasteiger partial charge in [0.05, 0.1) is 6.54 Å². The Morgan fingerprint density at radius 1 is 1.30 bits per heavy atom. The van der Waals surface area contributed by atoms with E-state index < -0.39 is 0 Å². The monoisotopic (exact) mass is 348 g/mol. The molecule has 1 atom stereocenters. The second kappa shape index (κ2) is 7.32. The Bertz CT molecular complexity index is 667. The number of piperidine rings is 1. The average molecular weight is 349 g/mol. The number of hydrogen-bond acceptors (Lipinski definition) is 2. The van der Waals surface area contributed by atoms with E-state index in [0.29, 0.717) is 12.6 Å². The van der Waals surface area contributed by atoms with Crippen LogP contribution in [0, 0.1) is 0 Å². The average Bonchev–Trinajstić information content (AvgIpc) is 2.97. The molecule has 1 aliphatic rings. The fraction of sp³-hybridized carbons (Fsp3) is 0.412. The second-order valence-electron chi connectivity index (χ2n) is 5.99. The number of aromatic nitrogens is 2. The summed E-state index contributed by atoms with van der Waals surface area (Å²) in [5.41, 5.74) is 1.16. The lowest BCUT2D eigenvalue weighted by atomic mass is 10.0. The summed E-state index contributed by atoms with van der Waals surface area (Å²) in [5, 5.41) is 9.33. The van der Waals surface area contributed by atoms with Gasteiger partial charge in [0.2, 0.25) is 0 Å². The van der Waals surface area contributed by atoms with E-state index in [-0.39, 0.29) is 0 Å². The zero-order valence-corrected chi connectivity index (χ0v) is 14.8. The Morgan fingerprint density at radius 2 is 2.09 bits per heavy atom. The van der Waals surface area contributed by atoms with Crippen LogP contribution < -0.4 is 5.32 Å². The zero-order chi connectivity index (χ0) is 16.2. The Balaban J connectivity index is 1.60. The van der Waals surface area contributed by atoms with Gasteiger partial charge in [-0.2, -0.15) is 5.10 Å². The van der Waals surface area contributed by atoms with Crippen LogP contribution in [0.2, 0.25) is 5.02 Å². The van der Waals surface area contributed by atoms with Crippen LogP contribution in [0.5, 0.6) is 0 Å². The van der Waals surface area contributed by atoms with Gasteiger partial charge in [0.25, 0.3) is 0 Å². The number of anilines is 1. The molecule has 1 fully saturated rings. The Hall–Kier alpha value is -1.59. The summed E-state index contributed by atoms with van der Waals surface area (Å²) in [4.78, 5) is 2.26. The molecule has 1 saturated heterocycles. The van der Waals surface area contributed by atoms with Crippen LogP contribution in [0.25, 0.3) is 0 Å². The molecule has 122 valence electrons. The van der Waals surface area contributed by atoms with Gasteiger partial charge in [-0.1, -0.05) is 23.7 Å². The van der Waals surface area contributed by atoms with Gasteiger partial charge in [0.15, 0.2) is 10.9 Å². The van der Waals surface area contributed by atoms with Gasteiger partial charge in [-0.25, -0.2) is 0 Å². The Labute approximate surface area is 147 Å². The molecule has 0 radical (unpaired) electrons. The Morgan fingerprint density at radius 3 is 2.83 bits per heavy atom. The third kappa shape index (κ3) is 4.24. The van der Waals surface area contributed by atoms with Gasteiger partial charge >= 0.3 is 0 Å². The number of likely N-dealkylation sites (tertiary alicyclic amines) is 1. The van der Waals surface area contributed by atoms with Crippen LogP contribution in [-0.4, -0.2) is 32.4 Å². The first-order valence-corrected chi connectivity index (χ1v) is 8.76. The third-order valence-electron chi connectivity index (χ3n) is 4.20. The number of benzene rings is 1. The highest BCUT2D eigenvalue weighted by Gasteiger charge is 2.20. The van der Waals surface area contributed by atoms with Crippen molar-refractivity contribution in [1.82, 2.24) is 14.7 Å². The highest BCUT2D eigenvalue weighted by Crippen LogP contribution is 2.18. The van der Waals surface area contributed by atoms with E-state index in [1.165, 1.54) is 19.3 Å². The van der Waals surface area contributed by atoms with Crippen molar-refractivity contribution in [3.8, 4) is 0 Å². The molecule has 0 spiro atoms. The number of thiocarbonyl (C=S) groups is 1. The molecular weight excluding hydrogens is 328 g/mol. The molecule has 3 rings (SSSR count). The molecule has 1 aliphatic heterocycles. The molecule has 1 aromatic carbocycles. The number of nitrogens with one attached hydrogen (secondary N) is 1. The van der Waals surface area contributed by atoms with Crippen LogP contribution in [0.4, 0.5) is 5.82 Å². The number of rotatable bonds is 3. The molecule has 23 heavy (non-hydrogen) atoms. The first kappa shape index (κ1) is 16.3. The number of halogens is 1. The highest BCUT2D eigenvalue weighted by molar-refractivity contribution is 7.80. The van der Waals surface area contributed by atoms with Crippen LogP contribution in [0.3, 0.4) is 0 Å². The van der Waals surface area contributed by atoms with Gasteiger partial charge in [-0.15, -0.1) is 0 Å². The largest absolute Gasteiger partial charge is 0.346 e. The van der Waals surface area contributed by atoms with Crippen molar-refractivity contribution >= 4 is 34.7 Å². The molecule has 1 aromatic heterocycles. The smallest absolute Gasteiger partial charge is 0.174 e. The number of nitrogens with zero attached hydrogens (tertiary/aromatic N) is 3. The molecule has 0 aliphatic carbocycles. The Kier molecular flexibility index (Phi) is 5.18. The van der Waals surface area contributed by atoms with Crippen molar-refractivity contribution in [3.05, 3.63) is 47.1 Å². The summed E-state index contributed by atoms with van der Waals surface area (Å²) in [7, 11) is 0. The molecular formula is C17H21ClN4S. The summed E-state index contributed by atoms with van der Waals surface area (Å²) < 4.78 is 1.90. The standard InChI is InChI=1S/C17H21ClN4S/c1-13-4-2-3-10-22(13)17(23)19-16-9-11-21(20-16)12-14-5-7-15(18)8-6-14/h5-9,11,13H,2-4,10,12H2,1H3,(H,19,20,23)/t13-/m0/s1. The van der Waals surface area contributed by atoms with Gasteiger partial charge in [0.1, 0.15) is 0 Å². The summed E-state index contributed by atoms with van der Waals surface area (Å²) in [6, 6.07) is 10.3. The van der Waals surface area contributed by atoms with Crippen molar-refractivity contribution < 1.29 is 0 Å². The molecule has 2 heterocycles. The van der Waals surface area contributed by atoms with E-state index in [1.54, 1.807) is 0 Å². The predicted octanol–water partition coefficient (Wildman–Crippen LogP) is 4.16. The quantitative estimate of drug-likeness (QED) is 0.844. The fourth-order valence-corrected chi connectivity index (χ4v) is 3.38. The van der Waals surface area contributed by atoms with Gasteiger partial charge in [0, 0.05) is 29.9 Å². The minimum atomic E-state index is 0.500. The van der Waals surface area contributed by atoms with E-state index in [4.69, 9.17) is 23.8 Å². The van der Waals surface area contributed by atoms with E-state index in [2.05, 4.69) is 22.2 Å². The van der Waals surface area contributed by atoms with E-state index in [0.717, 1.165) is 28.1 Å². The van der Waals surface area contributed by atoms with Gasteiger partial charge in [-0.3, -0.25) is 4.68 Å². The normalized spacial score (nSPS) is 18.0. The third-order valence-corrected chi connectivity index (χ3v) is 4.79. The maximum absolute atomic E-state index is 5.91. The van der Waals surface area contributed by atoms with Crippen molar-refractivity contribution in [2.75, 3.05) is 11.9 Å². The van der Waals surface area contributed by atoms with Gasteiger partial charge < -0.3 is 10.2 Å². The lowest BCUT2D eigenvalue weighted by Gasteiger charge is -2.35.